The number of nitrogens with zero attached hydrogens (tertiary/aromatic N) is 2. The molecule has 0 aliphatic rings. The van der Waals surface area contributed by atoms with Gasteiger partial charge in [0.2, 0.25) is 0 Å². The number of benzene rings is 1. The first-order valence-electron chi connectivity index (χ1n) is 6.35. The molecule has 106 valence electrons. The van der Waals surface area contributed by atoms with Gasteiger partial charge in [-0.2, -0.15) is 0 Å². The number of halogens is 1. The van der Waals surface area contributed by atoms with Gasteiger partial charge in [0, 0.05) is 21.8 Å². The molecule has 5 nitrogen and oxygen atoms in total. The number of nitrogen functional groups attached to an aromatic ring is 1. The van der Waals surface area contributed by atoms with E-state index < -0.39 is 0 Å². The predicted molar refractivity (Wildman–Crippen MR) is 84.4 cm³/mol. The fourth-order valence-electron chi connectivity index (χ4n) is 1.92. The number of aromatic nitrogens is 2. The smallest absolute Gasteiger partial charge is 0.139 e. The van der Waals surface area contributed by atoms with Crippen molar-refractivity contribution in [3.8, 4) is 5.75 Å². The van der Waals surface area contributed by atoms with Crippen molar-refractivity contribution in [3.05, 3.63) is 34.6 Å². The van der Waals surface area contributed by atoms with Crippen LogP contribution < -0.4 is 15.8 Å². The Morgan fingerprint density at radius 3 is 2.80 bits per heavy atom. The molecule has 0 radical (unpaired) electrons. The van der Waals surface area contributed by atoms with Gasteiger partial charge in [-0.05, 0) is 18.6 Å². The number of rotatable bonds is 5. The van der Waals surface area contributed by atoms with Crippen LogP contribution in [0.1, 0.15) is 18.9 Å². The van der Waals surface area contributed by atoms with Crippen LogP contribution in [0.2, 0.25) is 0 Å². The normalized spacial score (nSPS) is 10.3. The summed E-state index contributed by atoms with van der Waals surface area (Å²) in [4.78, 5) is 8.32. The second kappa shape index (κ2) is 6.56. The number of methoxy groups -OCH3 is 1. The Balaban J connectivity index is 2.34. The standard InChI is InChI=1S/C14H17BrN4O/c1-3-4-12-13(16)17-8-18-14(12)19-10-5-9(15)6-11(7-10)20-2/h5-8H,3-4H2,1-2H3,(H3,16,17,18,19). The summed E-state index contributed by atoms with van der Waals surface area (Å²) in [6.07, 6.45) is 3.28. The highest BCUT2D eigenvalue weighted by atomic mass is 79.9. The van der Waals surface area contributed by atoms with Gasteiger partial charge in [-0.15, -0.1) is 0 Å². The van der Waals surface area contributed by atoms with Gasteiger partial charge in [0.05, 0.1) is 7.11 Å². The monoisotopic (exact) mass is 336 g/mol. The molecule has 0 saturated carbocycles. The maximum absolute atomic E-state index is 5.92. The van der Waals surface area contributed by atoms with E-state index in [9.17, 15) is 0 Å². The molecule has 0 spiro atoms. The molecule has 2 aromatic rings. The Labute approximate surface area is 126 Å². The summed E-state index contributed by atoms with van der Waals surface area (Å²) in [7, 11) is 1.64. The fraction of sp³-hybridized carbons (Fsp3) is 0.286. The highest BCUT2D eigenvalue weighted by Crippen LogP contribution is 2.28. The lowest BCUT2D eigenvalue weighted by Gasteiger charge is -2.13. The van der Waals surface area contributed by atoms with Gasteiger partial charge in [0.15, 0.2) is 0 Å². The van der Waals surface area contributed by atoms with Gasteiger partial charge in [-0.25, -0.2) is 9.97 Å². The maximum Gasteiger partial charge on any atom is 0.139 e. The molecule has 6 heteroatoms. The average Bonchev–Trinajstić information content (AvgIpc) is 2.42. The molecule has 0 atom stereocenters. The van der Waals surface area contributed by atoms with Crippen molar-refractivity contribution in [2.45, 2.75) is 19.8 Å². The van der Waals surface area contributed by atoms with E-state index in [1.54, 1.807) is 7.11 Å². The highest BCUT2D eigenvalue weighted by Gasteiger charge is 2.09. The molecule has 20 heavy (non-hydrogen) atoms. The van der Waals surface area contributed by atoms with Crippen molar-refractivity contribution in [1.29, 1.82) is 0 Å². The van der Waals surface area contributed by atoms with Gasteiger partial charge in [-0.1, -0.05) is 29.3 Å². The Morgan fingerprint density at radius 2 is 2.10 bits per heavy atom. The van der Waals surface area contributed by atoms with Crippen LogP contribution >= 0.6 is 15.9 Å². The van der Waals surface area contributed by atoms with Crippen LogP contribution in [0.4, 0.5) is 17.3 Å². The van der Waals surface area contributed by atoms with Crippen LogP contribution in [0.15, 0.2) is 29.0 Å². The van der Waals surface area contributed by atoms with Crippen LogP contribution in [0.3, 0.4) is 0 Å². The summed E-state index contributed by atoms with van der Waals surface area (Å²) in [6.45, 7) is 2.10. The molecule has 2 rings (SSSR count). The lowest BCUT2D eigenvalue weighted by Crippen LogP contribution is -2.05. The Morgan fingerprint density at radius 1 is 1.30 bits per heavy atom. The minimum atomic E-state index is 0.520. The molecule has 0 saturated heterocycles. The summed E-state index contributed by atoms with van der Waals surface area (Å²) in [5.74, 6) is 2.02. The van der Waals surface area contributed by atoms with Crippen LogP contribution in [0.5, 0.6) is 5.75 Å². The molecule has 1 aromatic carbocycles. The molecule has 0 fully saturated rings. The van der Waals surface area contributed by atoms with E-state index in [1.165, 1.54) is 6.33 Å². The van der Waals surface area contributed by atoms with Crippen molar-refractivity contribution in [2.75, 3.05) is 18.2 Å². The summed E-state index contributed by atoms with van der Waals surface area (Å²) in [5, 5.41) is 3.27. The van der Waals surface area contributed by atoms with E-state index >= 15 is 0 Å². The van der Waals surface area contributed by atoms with Crippen LogP contribution in [-0.4, -0.2) is 17.1 Å². The van der Waals surface area contributed by atoms with Gasteiger partial charge < -0.3 is 15.8 Å². The van der Waals surface area contributed by atoms with Gasteiger partial charge >= 0.3 is 0 Å². The minimum Gasteiger partial charge on any atom is -0.497 e. The first-order chi connectivity index (χ1) is 9.63. The zero-order valence-corrected chi connectivity index (χ0v) is 13.1. The Bertz CT molecular complexity index is 604. The Hall–Kier alpha value is -1.82. The van der Waals surface area contributed by atoms with Crippen LogP contribution in [0.25, 0.3) is 0 Å². The molecule has 0 unspecified atom stereocenters. The molecule has 0 amide bonds. The van der Waals surface area contributed by atoms with Gasteiger partial charge in [0.25, 0.3) is 0 Å². The second-order valence-corrected chi connectivity index (χ2v) is 5.26. The minimum absolute atomic E-state index is 0.520. The van der Waals surface area contributed by atoms with Gasteiger partial charge in [-0.3, -0.25) is 0 Å². The maximum atomic E-state index is 5.92. The largest absolute Gasteiger partial charge is 0.497 e. The van der Waals surface area contributed by atoms with Crippen molar-refractivity contribution >= 4 is 33.3 Å². The molecule has 0 bridgehead atoms. The van der Waals surface area contributed by atoms with Crippen molar-refractivity contribution in [1.82, 2.24) is 9.97 Å². The topological polar surface area (TPSA) is 73.1 Å². The summed E-state index contributed by atoms with van der Waals surface area (Å²) < 4.78 is 6.18. The van der Waals surface area contributed by atoms with Crippen molar-refractivity contribution < 1.29 is 4.74 Å². The molecule has 3 N–H and O–H groups in total. The summed E-state index contributed by atoms with van der Waals surface area (Å²) in [5.41, 5.74) is 7.74. The molecule has 1 heterocycles. The van der Waals surface area contributed by atoms with E-state index in [-0.39, 0.29) is 0 Å². The van der Waals surface area contributed by atoms with E-state index in [1.807, 2.05) is 18.2 Å². The number of hydrogen-bond donors (Lipinski definition) is 2. The van der Waals surface area contributed by atoms with Gasteiger partial charge in [0.1, 0.15) is 23.7 Å². The first kappa shape index (κ1) is 14.6. The molecule has 0 aliphatic carbocycles. The fourth-order valence-corrected chi connectivity index (χ4v) is 2.39. The lowest BCUT2D eigenvalue weighted by molar-refractivity contribution is 0.415. The second-order valence-electron chi connectivity index (χ2n) is 4.34. The third-order valence-electron chi connectivity index (χ3n) is 2.85. The first-order valence-corrected chi connectivity index (χ1v) is 7.14. The van der Waals surface area contributed by atoms with E-state index in [2.05, 4.69) is 38.1 Å². The number of anilines is 3. The quantitative estimate of drug-likeness (QED) is 0.873. The van der Waals surface area contributed by atoms with Crippen LogP contribution in [0, 0.1) is 0 Å². The third-order valence-corrected chi connectivity index (χ3v) is 3.31. The van der Waals surface area contributed by atoms with Crippen LogP contribution in [-0.2, 0) is 6.42 Å². The van der Waals surface area contributed by atoms with E-state index in [0.29, 0.717) is 5.82 Å². The number of nitrogens with one attached hydrogen (secondary N) is 1. The predicted octanol–water partition coefficient (Wildman–Crippen LogP) is 3.53. The number of hydrogen-bond acceptors (Lipinski definition) is 5. The van der Waals surface area contributed by atoms with Crippen molar-refractivity contribution in [2.24, 2.45) is 0 Å². The molecular weight excluding hydrogens is 320 g/mol. The lowest BCUT2D eigenvalue weighted by atomic mass is 10.1. The molecular formula is C14H17BrN4O. The number of ether oxygens (including phenoxy) is 1. The van der Waals surface area contributed by atoms with E-state index in [4.69, 9.17) is 10.5 Å². The SMILES string of the molecule is CCCc1c(N)ncnc1Nc1cc(Br)cc(OC)c1. The third kappa shape index (κ3) is 3.39. The summed E-state index contributed by atoms with van der Waals surface area (Å²) >= 11 is 3.45. The number of nitrogens with two attached hydrogens (primary N) is 1. The average molecular weight is 337 g/mol. The molecule has 1 aromatic heterocycles. The zero-order chi connectivity index (χ0) is 14.5. The Kier molecular flexibility index (Phi) is 4.79. The highest BCUT2D eigenvalue weighted by molar-refractivity contribution is 9.10. The van der Waals surface area contributed by atoms with Crippen molar-refractivity contribution in [3.63, 3.8) is 0 Å². The van der Waals surface area contributed by atoms with E-state index in [0.717, 1.165) is 40.1 Å². The molecule has 0 aliphatic heterocycles. The zero-order valence-electron chi connectivity index (χ0n) is 11.5. The summed E-state index contributed by atoms with van der Waals surface area (Å²) in [6, 6.07) is 5.75.